The van der Waals surface area contributed by atoms with Crippen molar-refractivity contribution in [1.29, 1.82) is 0 Å². The first-order valence-electron chi connectivity index (χ1n) is 22.7. The molecule has 0 aliphatic rings. The first kappa shape index (κ1) is 38.9. The quantitative estimate of drug-likeness (QED) is 0.141. The zero-order valence-electron chi connectivity index (χ0n) is 36.3. The molecule has 12 rings (SSSR count). The molecule has 0 fully saturated rings. The van der Waals surface area contributed by atoms with Crippen LogP contribution in [0.2, 0.25) is 0 Å². The van der Waals surface area contributed by atoms with Crippen LogP contribution in [0.5, 0.6) is 0 Å². The van der Waals surface area contributed by atoms with E-state index in [4.69, 9.17) is 0 Å². The first-order valence-corrected chi connectivity index (χ1v) is 22.7. The fourth-order valence-corrected chi connectivity index (χ4v) is 9.79. The Labute approximate surface area is 385 Å². The molecule has 0 radical (unpaired) electrons. The van der Waals surface area contributed by atoms with Gasteiger partial charge in [-0.2, -0.15) is 0 Å². The van der Waals surface area contributed by atoms with Crippen LogP contribution in [0, 0.1) is 0 Å². The summed E-state index contributed by atoms with van der Waals surface area (Å²) >= 11 is 0. The molecule has 0 aliphatic carbocycles. The SMILES string of the molecule is c1ccc(-c2ccc(N(c3ccc(-c4cccc(-c5cccc6ccccc56)c4)cc3)c3ccc(-c4cccc(-n5c6ccccc6c6cccc(-c7ccccc7)c65)c4)cc3)cc2)cc1. The van der Waals surface area contributed by atoms with E-state index in [2.05, 4.69) is 276 Å². The predicted molar refractivity (Wildman–Crippen MR) is 280 cm³/mol. The van der Waals surface area contributed by atoms with E-state index in [1.807, 2.05) is 0 Å². The van der Waals surface area contributed by atoms with Crippen molar-refractivity contribution in [1.82, 2.24) is 4.57 Å². The second kappa shape index (κ2) is 16.8. The Morgan fingerprint density at radius 3 is 1.38 bits per heavy atom. The molecule has 0 spiro atoms. The van der Waals surface area contributed by atoms with Crippen LogP contribution in [-0.2, 0) is 0 Å². The van der Waals surface area contributed by atoms with Gasteiger partial charge in [-0.25, -0.2) is 0 Å². The maximum absolute atomic E-state index is 2.44. The van der Waals surface area contributed by atoms with E-state index in [0.717, 1.165) is 33.9 Å². The molecule has 0 N–H and O–H groups in total. The molecule has 310 valence electrons. The fourth-order valence-electron chi connectivity index (χ4n) is 9.79. The Bertz CT molecular complexity index is 3660. The number of nitrogens with zero attached hydrogens (tertiary/aromatic N) is 2. The van der Waals surface area contributed by atoms with Crippen LogP contribution in [-0.4, -0.2) is 4.57 Å². The molecular formula is C64H44N2. The molecule has 1 aromatic heterocycles. The lowest BCUT2D eigenvalue weighted by molar-refractivity contribution is 1.18. The second-order valence-electron chi connectivity index (χ2n) is 16.9. The van der Waals surface area contributed by atoms with Gasteiger partial charge in [-0.15, -0.1) is 0 Å². The van der Waals surface area contributed by atoms with Crippen LogP contribution in [0.3, 0.4) is 0 Å². The van der Waals surface area contributed by atoms with Crippen molar-refractivity contribution in [2.75, 3.05) is 4.90 Å². The highest BCUT2D eigenvalue weighted by molar-refractivity contribution is 6.14. The van der Waals surface area contributed by atoms with Gasteiger partial charge >= 0.3 is 0 Å². The van der Waals surface area contributed by atoms with Crippen LogP contribution in [0.25, 0.3) is 93.9 Å². The topological polar surface area (TPSA) is 8.17 Å². The lowest BCUT2D eigenvalue weighted by atomic mass is 9.95. The number of anilines is 3. The van der Waals surface area contributed by atoms with Gasteiger partial charge in [0, 0.05) is 39.1 Å². The summed E-state index contributed by atoms with van der Waals surface area (Å²) in [5, 5.41) is 5.02. The van der Waals surface area contributed by atoms with Crippen molar-refractivity contribution >= 4 is 49.6 Å². The predicted octanol–water partition coefficient (Wildman–Crippen LogP) is 17.7. The summed E-state index contributed by atoms with van der Waals surface area (Å²) in [5.74, 6) is 0. The van der Waals surface area contributed by atoms with E-state index >= 15 is 0 Å². The first-order chi connectivity index (χ1) is 32.7. The summed E-state index contributed by atoms with van der Waals surface area (Å²) in [6, 6.07) is 96.7. The minimum Gasteiger partial charge on any atom is -0.311 e. The summed E-state index contributed by atoms with van der Waals surface area (Å²) in [5.41, 5.74) is 18.8. The van der Waals surface area contributed by atoms with E-state index in [1.54, 1.807) is 0 Å². The Balaban J connectivity index is 0.911. The maximum Gasteiger partial charge on any atom is 0.0619 e. The van der Waals surface area contributed by atoms with Crippen molar-refractivity contribution in [3.05, 3.63) is 267 Å². The molecule has 0 unspecified atom stereocenters. The number of aromatic nitrogens is 1. The number of para-hydroxylation sites is 2. The standard InChI is InChI=1S/C64H44N2/c1-3-15-45(16-4-1)46-31-37-54(38-32-46)65(55-39-33-47(34-40-55)51-21-11-23-53(43-51)59-27-13-20-49-19-7-8-25-58(49)59)56-41-35-48(36-42-56)52-22-12-24-57(44-52)66-63-30-10-9-26-61(63)62-29-14-28-60(64(62)66)50-17-5-2-6-18-50/h1-44H. The van der Waals surface area contributed by atoms with Crippen LogP contribution in [0.15, 0.2) is 267 Å². The third-order valence-corrected chi connectivity index (χ3v) is 13.0. The number of benzene rings is 11. The van der Waals surface area contributed by atoms with Gasteiger partial charge in [0.25, 0.3) is 0 Å². The van der Waals surface area contributed by atoms with E-state index < -0.39 is 0 Å². The van der Waals surface area contributed by atoms with E-state index in [1.165, 1.54) is 77.1 Å². The van der Waals surface area contributed by atoms with Crippen LogP contribution in [0.4, 0.5) is 17.1 Å². The van der Waals surface area contributed by atoms with Crippen LogP contribution >= 0.6 is 0 Å². The molecule has 1 heterocycles. The summed E-state index contributed by atoms with van der Waals surface area (Å²) in [6.07, 6.45) is 0. The zero-order chi connectivity index (χ0) is 43.8. The second-order valence-corrected chi connectivity index (χ2v) is 16.9. The van der Waals surface area contributed by atoms with Gasteiger partial charge < -0.3 is 9.47 Å². The highest BCUT2D eigenvalue weighted by atomic mass is 15.1. The van der Waals surface area contributed by atoms with Gasteiger partial charge in [0.1, 0.15) is 0 Å². The Morgan fingerprint density at radius 2 is 0.697 bits per heavy atom. The maximum atomic E-state index is 2.44. The Morgan fingerprint density at radius 1 is 0.258 bits per heavy atom. The molecule has 0 saturated heterocycles. The summed E-state index contributed by atoms with van der Waals surface area (Å²) < 4.78 is 2.44. The molecule has 0 aliphatic heterocycles. The van der Waals surface area contributed by atoms with Crippen molar-refractivity contribution in [3.8, 4) is 61.3 Å². The lowest BCUT2D eigenvalue weighted by Crippen LogP contribution is -2.09. The van der Waals surface area contributed by atoms with E-state index in [9.17, 15) is 0 Å². The molecule has 0 saturated carbocycles. The van der Waals surface area contributed by atoms with Gasteiger partial charge in [0.15, 0.2) is 0 Å². The van der Waals surface area contributed by atoms with Gasteiger partial charge in [-0.05, 0) is 122 Å². The van der Waals surface area contributed by atoms with E-state index in [0.29, 0.717) is 0 Å². The summed E-state index contributed by atoms with van der Waals surface area (Å²) in [6.45, 7) is 0. The highest BCUT2D eigenvalue weighted by Gasteiger charge is 2.18. The summed E-state index contributed by atoms with van der Waals surface area (Å²) in [7, 11) is 0. The molecule has 0 amide bonds. The minimum atomic E-state index is 1.09. The van der Waals surface area contributed by atoms with Gasteiger partial charge in [0.05, 0.1) is 11.0 Å². The van der Waals surface area contributed by atoms with E-state index in [-0.39, 0.29) is 0 Å². The number of hydrogen-bond donors (Lipinski definition) is 0. The average molecular weight is 841 g/mol. The monoisotopic (exact) mass is 840 g/mol. The van der Waals surface area contributed by atoms with Crippen LogP contribution in [0.1, 0.15) is 0 Å². The van der Waals surface area contributed by atoms with Gasteiger partial charge in [-0.3, -0.25) is 0 Å². The van der Waals surface area contributed by atoms with Crippen molar-refractivity contribution in [2.45, 2.75) is 0 Å². The van der Waals surface area contributed by atoms with Crippen molar-refractivity contribution in [2.24, 2.45) is 0 Å². The number of rotatable bonds is 9. The Kier molecular flexibility index (Phi) is 9.89. The minimum absolute atomic E-state index is 1.09. The largest absolute Gasteiger partial charge is 0.311 e. The molecule has 0 bridgehead atoms. The third-order valence-electron chi connectivity index (χ3n) is 13.0. The molecule has 2 heteroatoms. The Hall–Kier alpha value is -8.72. The van der Waals surface area contributed by atoms with Gasteiger partial charge in [-0.1, -0.05) is 206 Å². The number of hydrogen-bond acceptors (Lipinski definition) is 1. The third kappa shape index (κ3) is 7.12. The molecule has 2 nitrogen and oxygen atoms in total. The average Bonchev–Trinajstić information content (AvgIpc) is 3.74. The van der Waals surface area contributed by atoms with Crippen molar-refractivity contribution in [3.63, 3.8) is 0 Å². The number of fused-ring (bicyclic) bond motifs is 4. The normalized spacial score (nSPS) is 11.3. The van der Waals surface area contributed by atoms with Gasteiger partial charge in [0.2, 0.25) is 0 Å². The van der Waals surface area contributed by atoms with Crippen LogP contribution < -0.4 is 4.90 Å². The molecule has 66 heavy (non-hydrogen) atoms. The molecule has 12 aromatic rings. The fraction of sp³-hybridized carbons (Fsp3) is 0. The molecule has 0 atom stereocenters. The zero-order valence-corrected chi connectivity index (χ0v) is 36.3. The smallest absolute Gasteiger partial charge is 0.0619 e. The lowest BCUT2D eigenvalue weighted by Gasteiger charge is -2.26. The molecular weight excluding hydrogens is 797 g/mol. The molecule has 11 aromatic carbocycles. The van der Waals surface area contributed by atoms with Crippen molar-refractivity contribution < 1.29 is 0 Å². The highest BCUT2D eigenvalue weighted by Crippen LogP contribution is 2.41. The summed E-state index contributed by atoms with van der Waals surface area (Å²) in [4.78, 5) is 2.36.